The van der Waals surface area contributed by atoms with Gasteiger partial charge in [0.25, 0.3) is 0 Å². The normalized spacial score (nSPS) is 19.2. The van der Waals surface area contributed by atoms with E-state index in [9.17, 15) is 4.79 Å². The average Bonchev–Trinajstić information content (AvgIpc) is 2.90. The summed E-state index contributed by atoms with van der Waals surface area (Å²) in [6, 6.07) is 7.49. The number of thioether (sulfide) groups is 1. The number of hydrogen-bond acceptors (Lipinski definition) is 4. The van der Waals surface area contributed by atoms with E-state index in [4.69, 9.17) is 5.11 Å². The lowest BCUT2D eigenvalue weighted by Crippen LogP contribution is -2.41. The van der Waals surface area contributed by atoms with Gasteiger partial charge in [0.05, 0.1) is 12.6 Å². The molecule has 0 bridgehead atoms. The smallest absolute Gasteiger partial charge is 0.238 e. The number of benzene rings is 1. The van der Waals surface area contributed by atoms with E-state index in [1.807, 2.05) is 24.3 Å². The van der Waals surface area contributed by atoms with Crippen LogP contribution < -0.4 is 10.6 Å². The number of amides is 1. The third-order valence-corrected chi connectivity index (χ3v) is 3.71. The van der Waals surface area contributed by atoms with Gasteiger partial charge in [-0.15, -0.1) is 11.8 Å². The second-order valence-electron chi connectivity index (χ2n) is 3.92. The minimum atomic E-state index is -0.0821. The molecule has 1 aliphatic rings. The molecule has 2 rings (SSSR count). The summed E-state index contributed by atoms with van der Waals surface area (Å²) in [6.45, 7) is 0.474. The molecule has 5 heteroatoms. The predicted molar refractivity (Wildman–Crippen MR) is 68.5 cm³/mol. The van der Waals surface area contributed by atoms with Crippen LogP contribution in [0.1, 0.15) is 11.1 Å². The second kappa shape index (κ2) is 6.05. The highest BCUT2D eigenvalue weighted by atomic mass is 32.2. The molecular weight excluding hydrogens is 236 g/mol. The first kappa shape index (κ1) is 12.4. The van der Waals surface area contributed by atoms with Crippen molar-refractivity contribution in [3.63, 3.8) is 0 Å². The van der Waals surface area contributed by atoms with Crippen molar-refractivity contribution in [2.45, 2.75) is 19.2 Å². The van der Waals surface area contributed by atoms with E-state index >= 15 is 0 Å². The Hall–Kier alpha value is -1.04. The van der Waals surface area contributed by atoms with Crippen LogP contribution in [0.15, 0.2) is 24.3 Å². The molecule has 1 saturated heterocycles. The summed E-state index contributed by atoms with van der Waals surface area (Å²) in [4.78, 5) is 11.8. The summed E-state index contributed by atoms with van der Waals surface area (Å²) in [5.41, 5.74) is 1.83. The molecule has 92 valence electrons. The van der Waals surface area contributed by atoms with Crippen LogP contribution in [-0.4, -0.2) is 28.7 Å². The van der Waals surface area contributed by atoms with E-state index in [1.54, 1.807) is 11.8 Å². The number of aliphatic hydroxyl groups excluding tert-OH is 1. The van der Waals surface area contributed by atoms with E-state index in [-0.39, 0.29) is 18.6 Å². The van der Waals surface area contributed by atoms with Crippen LogP contribution in [0.4, 0.5) is 0 Å². The summed E-state index contributed by atoms with van der Waals surface area (Å²) < 4.78 is 0. The first-order valence-electron chi connectivity index (χ1n) is 5.57. The van der Waals surface area contributed by atoms with Crippen LogP contribution in [0.2, 0.25) is 0 Å². The van der Waals surface area contributed by atoms with E-state index in [0.717, 1.165) is 22.8 Å². The Morgan fingerprint density at radius 1 is 1.47 bits per heavy atom. The van der Waals surface area contributed by atoms with Gasteiger partial charge in [-0.3, -0.25) is 10.1 Å². The molecule has 17 heavy (non-hydrogen) atoms. The Morgan fingerprint density at radius 2 is 2.24 bits per heavy atom. The number of carbonyl (C=O) groups excluding carboxylic acids is 1. The van der Waals surface area contributed by atoms with Crippen molar-refractivity contribution in [1.82, 2.24) is 10.6 Å². The van der Waals surface area contributed by atoms with Gasteiger partial charge in [-0.1, -0.05) is 24.3 Å². The molecular formula is C12H16N2O2S. The Bertz CT molecular complexity index is 392. The van der Waals surface area contributed by atoms with Crippen molar-refractivity contribution in [2.24, 2.45) is 0 Å². The lowest BCUT2D eigenvalue weighted by Gasteiger charge is -2.12. The van der Waals surface area contributed by atoms with Gasteiger partial charge >= 0.3 is 0 Å². The van der Waals surface area contributed by atoms with Crippen molar-refractivity contribution in [3.8, 4) is 0 Å². The van der Waals surface area contributed by atoms with Crippen molar-refractivity contribution in [1.29, 1.82) is 0 Å². The van der Waals surface area contributed by atoms with Crippen LogP contribution >= 0.6 is 11.8 Å². The number of carbonyl (C=O) groups is 1. The summed E-state index contributed by atoms with van der Waals surface area (Å²) in [5.74, 6) is 1.70. The summed E-state index contributed by atoms with van der Waals surface area (Å²) >= 11 is 1.73. The zero-order chi connectivity index (χ0) is 12.1. The molecule has 1 aromatic rings. The standard InChI is InChI=1S/C12H16N2O2S/c15-6-10-4-2-1-3-9(10)5-13-12(16)11-7-17-8-14-11/h1-4,11,14-15H,5-8H2,(H,13,16)/t11-/m0/s1. The van der Waals surface area contributed by atoms with E-state index in [2.05, 4.69) is 10.6 Å². The summed E-state index contributed by atoms with van der Waals surface area (Å²) in [6.07, 6.45) is 0. The van der Waals surface area contributed by atoms with Gasteiger partial charge in [0.2, 0.25) is 5.91 Å². The Balaban J connectivity index is 1.90. The minimum absolute atomic E-state index is 0.00355. The lowest BCUT2D eigenvalue weighted by atomic mass is 10.1. The first-order valence-corrected chi connectivity index (χ1v) is 6.73. The predicted octanol–water partition coefficient (Wildman–Crippen LogP) is 0.458. The highest BCUT2D eigenvalue weighted by Crippen LogP contribution is 2.11. The highest BCUT2D eigenvalue weighted by molar-refractivity contribution is 7.99. The van der Waals surface area contributed by atoms with Gasteiger partial charge in [0, 0.05) is 18.2 Å². The quantitative estimate of drug-likeness (QED) is 0.728. The molecule has 0 radical (unpaired) electrons. The number of rotatable bonds is 4. The van der Waals surface area contributed by atoms with E-state index in [0.29, 0.717) is 6.54 Å². The minimum Gasteiger partial charge on any atom is -0.392 e. The zero-order valence-corrected chi connectivity index (χ0v) is 10.3. The van der Waals surface area contributed by atoms with Crippen LogP contribution in [-0.2, 0) is 17.9 Å². The second-order valence-corrected chi connectivity index (χ2v) is 4.95. The molecule has 1 amide bonds. The maximum atomic E-state index is 11.8. The van der Waals surface area contributed by atoms with Gasteiger partial charge in [0.15, 0.2) is 0 Å². The fourth-order valence-electron chi connectivity index (χ4n) is 1.75. The molecule has 1 atom stereocenters. The summed E-state index contributed by atoms with van der Waals surface area (Å²) in [5, 5.41) is 15.2. The van der Waals surface area contributed by atoms with Gasteiger partial charge in [-0.05, 0) is 11.1 Å². The molecule has 3 N–H and O–H groups in total. The SMILES string of the molecule is O=C(NCc1ccccc1CO)[C@@H]1CSCN1. The van der Waals surface area contributed by atoms with E-state index < -0.39 is 0 Å². The maximum Gasteiger partial charge on any atom is 0.238 e. The van der Waals surface area contributed by atoms with Crippen molar-refractivity contribution >= 4 is 17.7 Å². The molecule has 1 aliphatic heterocycles. The molecule has 1 heterocycles. The van der Waals surface area contributed by atoms with E-state index in [1.165, 1.54) is 0 Å². The topological polar surface area (TPSA) is 61.4 Å². The number of nitrogens with one attached hydrogen (secondary N) is 2. The lowest BCUT2D eigenvalue weighted by molar-refractivity contribution is -0.122. The van der Waals surface area contributed by atoms with Crippen molar-refractivity contribution in [3.05, 3.63) is 35.4 Å². The van der Waals surface area contributed by atoms with Gasteiger partial charge in [-0.2, -0.15) is 0 Å². The molecule has 0 aliphatic carbocycles. The molecule has 1 aromatic carbocycles. The Labute approximate surface area is 105 Å². The first-order chi connectivity index (χ1) is 8.31. The van der Waals surface area contributed by atoms with Crippen LogP contribution in [0.25, 0.3) is 0 Å². The Kier molecular flexibility index (Phi) is 4.42. The highest BCUT2D eigenvalue weighted by Gasteiger charge is 2.21. The maximum absolute atomic E-state index is 11.8. The fourth-order valence-corrected chi connectivity index (χ4v) is 2.70. The largest absolute Gasteiger partial charge is 0.392 e. The fraction of sp³-hybridized carbons (Fsp3) is 0.417. The number of aliphatic hydroxyl groups is 1. The molecule has 0 unspecified atom stereocenters. The van der Waals surface area contributed by atoms with Crippen molar-refractivity contribution < 1.29 is 9.90 Å². The molecule has 0 spiro atoms. The molecule has 0 aromatic heterocycles. The van der Waals surface area contributed by atoms with Crippen LogP contribution in [0.5, 0.6) is 0 Å². The number of hydrogen-bond donors (Lipinski definition) is 3. The monoisotopic (exact) mass is 252 g/mol. The van der Waals surface area contributed by atoms with Gasteiger partial charge in [0.1, 0.15) is 0 Å². The van der Waals surface area contributed by atoms with Crippen molar-refractivity contribution in [2.75, 3.05) is 11.6 Å². The third-order valence-electron chi connectivity index (χ3n) is 2.77. The van der Waals surface area contributed by atoms with Gasteiger partial charge < -0.3 is 10.4 Å². The van der Waals surface area contributed by atoms with Crippen LogP contribution in [0, 0.1) is 0 Å². The molecule has 4 nitrogen and oxygen atoms in total. The summed E-state index contributed by atoms with van der Waals surface area (Å²) in [7, 11) is 0. The molecule has 0 saturated carbocycles. The Morgan fingerprint density at radius 3 is 2.88 bits per heavy atom. The zero-order valence-electron chi connectivity index (χ0n) is 9.48. The average molecular weight is 252 g/mol. The van der Waals surface area contributed by atoms with Crippen LogP contribution in [0.3, 0.4) is 0 Å². The third kappa shape index (κ3) is 3.21. The van der Waals surface area contributed by atoms with Gasteiger partial charge in [-0.25, -0.2) is 0 Å². The molecule has 1 fully saturated rings.